The van der Waals surface area contributed by atoms with Crippen molar-refractivity contribution in [3.8, 4) is 22.8 Å². The number of hydrogen-bond acceptors (Lipinski definition) is 3. The molecule has 112 valence electrons. The van der Waals surface area contributed by atoms with Crippen LogP contribution < -0.4 is 4.74 Å². The first-order valence-electron chi connectivity index (χ1n) is 7.44. The van der Waals surface area contributed by atoms with Crippen LogP contribution in [-0.2, 0) is 6.54 Å². The second-order valence-electron chi connectivity index (χ2n) is 5.66. The van der Waals surface area contributed by atoms with Gasteiger partial charge in [0, 0.05) is 12.1 Å². The van der Waals surface area contributed by atoms with Gasteiger partial charge in [-0.05, 0) is 42.3 Å². The highest BCUT2D eigenvalue weighted by molar-refractivity contribution is 5.58. The normalized spacial score (nSPS) is 10.9. The van der Waals surface area contributed by atoms with Crippen molar-refractivity contribution in [2.75, 3.05) is 0 Å². The zero-order valence-electron chi connectivity index (χ0n) is 12.8. The van der Waals surface area contributed by atoms with E-state index in [1.165, 1.54) is 0 Å². The Morgan fingerprint density at radius 2 is 1.64 bits per heavy atom. The smallest absolute Gasteiger partial charge is 0.127 e. The van der Waals surface area contributed by atoms with Crippen LogP contribution in [0.5, 0.6) is 11.5 Å². The van der Waals surface area contributed by atoms with Crippen molar-refractivity contribution in [3.63, 3.8) is 0 Å². The molecule has 0 N–H and O–H groups in total. The number of aromatic nitrogens is 3. The van der Waals surface area contributed by atoms with Crippen LogP contribution in [0.4, 0.5) is 0 Å². The second-order valence-corrected chi connectivity index (χ2v) is 5.66. The van der Waals surface area contributed by atoms with E-state index in [0.29, 0.717) is 5.92 Å². The zero-order valence-corrected chi connectivity index (χ0v) is 12.8. The Bertz CT molecular complexity index is 718. The van der Waals surface area contributed by atoms with Crippen LogP contribution in [0.1, 0.15) is 13.8 Å². The predicted octanol–water partition coefficient (Wildman–Crippen LogP) is 4.39. The Kier molecular flexibility index (Phi) is 4.19. The second kappa shape index (κ2) is 6.43. The van der Waals surface area contributed by atoms with Gasteiger partial charge < -0.3 is 4.74 Å². The molecule has 0 aliphatic rings. The predicted molar refractivity (Wildman–Crippen MR) is 86.8 cm³/mol. The molecule has 2 aromatic carbocycles. The summed E-state index contributed by atoms with van der Waals surface area (Å²) in [6.45, 7) is 5.20. The lowest BCUT2D eigenvalue weighted by molar-refractivity contribution is 0.472. The van der Waals surface area contributed by atoms with Crippen molar-refractivity contribution in [2.24, 2.45) is 5.92 Å². The number of rotatable bonds is 5. The number of nitrogens with zero attached hydrogens (tertiary/aromatic N) is 3. The van der Waals surface area contributed by atoms with Gasteiger partial charge in [-0.3, -0.25) is 4.68 Å². The van der Waals surface area contributed by atoms with Crippen LogP contribution >= 0.6 is 0 Å². The molecule has 0 aliphatic heterocycles. The quantitative estimate of drug-likeness (QED) is 0.700. The molecule has 3 rings (SSSR count). The fourth-order valence-electron chi connectivity index (χ4n) is 2.21. The number of ether oxygens (including phenoxy) is 1. The molecule has 0 unspecified atom stereocenters. The standard InChI is InChI=1S/C18H19N3O/c1-14(2)12-21-13-18(19-20-21)15-8-10-17(11-9-15)22-16-6-4-3-5-7-16/h3-11,13-14H,12H2,1-2H3. The van der Waals surface area contributed by atoms with Crippen LogP contribution in [0.3, 0.4) is 0 Å². The van der Waals surface area contributed by atoms with Crippen molar-refractivity contribution in [1.82, 2.24) is 15.0 Å². The summed E-state index contributed by atoms with van der Waals surface area (Å²) in [6.07, 6.45) is 1.98. The lowest BCUT2D eigenvalue weighted by atomic mass is 10.1. The third kappa shape index (κ3) is 3.52. The number of para-hydroxylation sites is 1. The first kappa shape index (κ1) is 14.3. The maximum absolute atomic E-state index is 5.79. The highest BCUT2D eigenvalue weighted by Crippen LogP contribution is 2.24. The van der Waals surface area contributed by atoms with Gasteiger partial charge >= 0.3 is 0 Å². The van der Waals surface area contributed by atoms with Crippen LogP contribution in [0.15, 0.2) is 60.8 Å². The largest absolute Gasteiger partial charge is 0.457 e. The Labute approximate surface area is 130 Å². The van der Waals surface area contributed by atoms with Crippen LogP contribution in [0, 0.1) is 5.92 Å². The SMILES string of the molecule is CC(C)Cn1cc(-c2ccc(Oc3ccccc3)cc2)nn1. The van der Waals surface area contributed by atoms with Crippen LogP contribution in [0.2, 0.25) is 0 Å². The summed E-state index contributed by atoms with van der Waals surface area (Å²) < 4.78 is 7.67. The Hall–Kier alpha value is -2.62. The molecular formula is C18H19N3O. The fourth-order valence-corrected chi connectivity index (χ4v) is 2.21. The molecule has 0 bridgehead atoms. The highest BCUT2D eigenvalue weighted by Gasteiger charge is 2.05. The monoisotopic (exact) mass is 293 g/mol. The molecule has 4 heteroatoms. The molecule has 1 heterocycles. The molecule has 1 aromatic heterocycles. The summed E-state index contributed by atoms with van der Waals surface area (Å²) in [5.74, 6) is 2.19. The van der Waals surface area contributed by atoms with Crippen molar-refractivity contribution in [3.05, 3.63) is 60.8 Å². The average Bonchev–Trinajstić information content (AvgIpc) is 2.97. The van der Waals surface area contributed by atoms with Gasteiger partial charge in [0.1, 0.15) is 17.2 Å². The molecule has 0 amide bonds. The minimum Gasteiger partial charge on any atom is -0.457 e. The molecular weight excluding hydrogens is 274 g/mol. The van der Waals surface area contributed by atoms with Crippen molar-refractivity contribution < 1.29 is 4.74 Å². The van der Waals surface area contributed by atoms with Gasteiger partial charge in [-0.15, -0.1) is 5.10 Å². The minimum atomic E-state index is 0.552. The van der Waals surface area contributed by atoms with Crippen LogP contribution in [0.25, 0.3) is 11.3 Å². The maximum atomic E-state index is 5.79. The average molecular weight is 293 g/mol. The summed E-state index contributed by atoms with van der Waals surface area (Å²) in [5, 5.41) is 8.38. The molecule has 0 fully saturated rings. The van der Waals surface area contributed by atoms with E-state index < -0.39 is 0 Å². The van der Waals surface area contributed by atoms with E-state index in [2.05, 4.69) is 24.2 Å². The van der Waals surface area contributed by atoms with Gasteiger partial charge in [-0.25, -0.2) is 0 Å². The molecule has 0 saturated carbocycles. The van der Waals surface area contributed by atoms with E-state index in [0.717, 1.165) is 29.3 Å². The lowest BCUT2D eigenvalue weighted by Crippen LogP contribution is -2.04. The summed E-state index contributed by atoms with van der Waals surface area (Å²) >= 11 is 0. The fraction of sp³-hybridized carbons (Fsp3) is 0.222. The Morgan fingerprint density at radius 3 is 2.32 bits per heavy atom. The van der Waals surface area contributed by atoms with Gasteiger partial charge in [0.25, 0.3) is 0 Å². The van der Waals surface area contributed by atoms with E-state index in [9.17, 15) is 0 Å². The van der Waals surface area contributed by atoms with E-state index in [1.54, 1.807) is 0 Å². The van der Waals surface area contributed by atoms with Gasteiger partial charge in [0.15, 0.2) is 0 Å². The molecule has 0 radical (unpaired) electrons. The molecule has 22 heavy (non-hydrogen) atoms. The maximum Gasteiger partial charge on any atom is 0.127 e. The zero-order chi connectivity index (χ0) is 15.4. The van der Waals surface area contributed by atoms with Gasteiger partial charge in [0.05, 0.1) is 6.20 Å². The molecule has 0 spiro atoms. The molecule has 0 aliphatic carbocycles. The Morgan fingerprint density at radius 1 is 0.955 bits per heavy atom. The van der Waals surface area contributed by atoms with E-state index in [-0.39, 0.29) is 0 Å². The summed E-state index contributed by atoms with van der Waals surface area (Å²) in [4.78, 5) is 0. The minimum absolute atomic E-state index is 0.552. The molecule has 0 atom stereocenters. The summed E-state index contributed by atoms with van der Waals surface area (Å²) in [7, 11) is 0. The summed E-state index contributed by atoms with van der Waals surface area (Å²) in [5.41, 5.74) is 1.92. The van der Waals surface area contributed by atoms with E-state index >= 15 is 0 Å². The first-order valence-corrected chi connectivity index (χ1v) is 7.44. The van der Waals surface area contributed by atoms with Gasteiger partial charge in [0.2, 0.25) is 0 Å². The van der Waals surface area contributed by atoms with Gasteiger partial charge in [-0.1, -0.05) is 37.3 Å². The van der Waals surface area contributed by atoms with E-state index in [4.69, 9.17) is 4.74 Å². The van der Waals surface area contributed by atoms with Crippen molar-refractivity contribution >= 4 is 0 Å². The number of hydrogen-bond donors (Lipinski definition) is 0. The highest BCUT2D eigenvalue weighted by atomic mass is 16.5. The van der Waals surface area contributed by atoms with Crippen molar-refractivity contribution in [1.29, 1.82) is 0 Å². The van der Waals surface area contributed by atoms with E-state index in [1.807, 2.05) is 65.5 Å². The Balaban J connectivity index is 1.72. The molecule has 0 saturated heterocycles. The topological polar surface area (TPSA) is 39.9 Å². The third-order valence-electron chi connectivity index (χ3n) is 3.22. The van der Waals surface area contributed by atoms with Crippen LogP contribution in [-0.4, -0.2) is 15.0 Å². The van der Waals surface area contributed by atoms with Gasteiger partial charge in [-0.2, -0.15) is 0 Å². The summed E-state index contributed by atoms with van der Waals surface area (Å²) in [6, 6.07) is 17.7. The number of benzene rings is 2. The van der Waals surface area contributed by atoms with Crippen molar-refractivity contribution in [2.45, 2.75) is 20.4 Å². The molecule has 3 aromatic rings. The first-order chi connectivity index (χ1) is 10.7. The lowest BCUT2D eigenvalue weighted by Gasteiger charge is -2.05. The molecule has 4 nitrogen and oxygen atoms in total. The third-order valence-corrected chi connectivity index (χ3v) is 3.22.